The third-order valence-corrected chi connectivity index (χ3v) is 9.14. The maximum Gasteiger partial charge on any atom is 0.243 e. The van der Waals surface area contributed by atoms with Crippen molar-refractivity contribution in [1.82, 2.24) is 10.2 Å². The molecule has 5 nitrogen and oxygen atoms in total. The van der Waals surface area contributed by atoms with Gasteiger partial charge in [0, 0.05) is 23.9 Å². The summed E-state index contributed by atoms with van der Waals surface area (Å²) >= 11 is 12.7. The number of hydrogen-bond donors (Lipinski definition) is 1. The van der Waals surface area contributed by atoms with E-state index in [-0.39, 0.29) is 29.2 Å². The third-order valence-electron chi connectivity index (χ3n) is 8.40. The highest BCUT2D eigenvalue weighted by Crippen LogP contribution is 2.53. The smallest absolute Gasteiger partial charge is 0.243 e. The predicted octanol–water partition coefficient (Wildman–Crippen LogP) is 7.53. The fraction of sp³-hybridized carbons (Fsp3) is 0.229. The Kier molecular flexibility index (Phi) is 8.52. The minimum atomic E-state index is -1.12. The molecule has 1 aliphatic carbocycles. The molecule has 4 aromatic carbocycles. The van der Waals surface area contributed by atoms with Crippen LogP contribution >= 0.6 is 23.2 Å². The third kappa shape index (κ3) is 5.99. The number of rotatable bonds is 8. The average Bonchev–Trinajstić information content (AvgIpc) is 3.83. The number of likely N-dealkylation sites (tertiary alicyclic amines) is 1. The predicted molar refractivity (Wildman–Crippen MR) is 164 cm³/mol. The summed E-state index contributed by atoms with van der Waals surface area (Å²) in [6.45, 7) is 0.0753. The van der Waals surface area contributed by atoms with Crippen molar-refractivity contribution in [1.29, 1.82) is 0 Å². The van der Waals surface area contributed by atoms with Gasteiger partial charge in [-0.2, -0.15) is 0 Å². The molecule has 9 heteroatoms. The topological polar surface area (TPSA) is 66.5 Å². The Bertz CT molecular complexity index is 1700. The average molecular weight is 634 g/mol. The van der Waals surface area contributed by atoms with E-state index in [1.54, 1.807) is 72.8 Å². The number of ketones is 1. The second-order valence-corrected chi connectivity index (χ2v) is 12.1. The zero-order chi connectivity index (χ0) is 31.0. The van der Waals surface area contributed by atoms with Crippen molar-refractivity contribution in [2.45, 2.75) is 37.4 Å². The van der Waals surface area contributed by atoms with E-state index in [0.29, 0.717) is 40.1 Å². The van der Waals surface area contributed by atoms with Crippen LogP contribution < -0.4 is 5.32 Å². The first-order valence-corrected chi connectivity index (χ1v) is 15.1. The van der Waals surface area contributed by atoms with Gasteiger partial charge in [0.2, 0.25) is 11.8 Å². The molecule has 2 amide bonds. The lowest BCUT2D eigenvalue weighted by Crippen LogP contribution is -2.49. The Balaban J connectivity index is 1.52. The van der Waals surface area contributed by atoms with Gasteiger partial charge in [0.1, 0.15) is 17.7 Å². The molecule has 4 atom stereocenters. The Hall–Kier alpha value is -4.07. The summed E-state index contributed by atoms with van der Waals surface area (Å²) in [4.78, 5) is 44.5. The van der Waals surface area contributed by atoms with E-state index < -0.39 is 41.5 Å². The fourth-order valence-electron chi connectivity index (χ4n) is 6.15. The first kappa shape index (κ1) is 30.0. The molecule has 1 saturated heterocycles. The zero-order valence-electron chi connectivity index (χ0n) is 23.4. The SMILES string of the molecule is O=C(c1ccccc1)C1C(c2ccc(F)cc2)C(C(=O)NCc2ccc(F)cc2)N(C(=O)C2CC2)C1c1ccc(Cl)c(Cl)c1. The van der Waals surface area contributed by atoms with Crippen LogP contribution in [-0.2, 0) is 16.1 Å². The molecule has 6 rings (SSSR count). The highest BCUT2D eigenvalue weighted by Gasteiger charge is 2.58. The second kappa shape index (κ2) is 12.5. The lowest BCUT2D eigenvalue weighted by molar-refractivity contribution is -0.142. The Morgan fingerprint density at radius 3 is 2.00 bits per heavy atom. The van der Waals surface area contributed by atoms with E-state index in [1.807, 2.05) is 0 Å². The highest BCUT2D eigenvalue weighted by atomic mass is 35.5. The van der Waals surface area contributed by atoms with Crippen LogP contribution in [0.3, 0.4) is 0 Å². The van der Waals surface area contributed by atoms with E-state index in [1.165, 1.54) is 29.2 Å². The van der Waals surface area contributed by atoms with Gasteiger partial charge in [0.15, 0.2) is 5.78 Å². The number of Topliss-reactive ketones (excluding diaryl/α,β-unsaturated/α-hetero) is 1. The minimum Gasteiger partial charge on any atom is -0.350 e. The summed E-state index contributed by atoms with van der Waals surface area (Å²) in [5.74, 6) is -3.90. The molecule has 4 aromatic rings. The van der Waals surface area contributed by atoms with Gasteiger partial charge in [0.25, 0.3) is 0 Å². The Labute approximate surface area is 263 Å². The van der Waals surface area contributed by atoms with Gasteiger partial charge in [-0.25, -0.2) is 8.78 Å². The summed E-state index contributed by atoms with van der Waals surface area (Å²) in [6.07, 6.45) is 1.34. The molecule has 44 heavy (non-hydrogen) atoms. The van der Waals surface area contributed by atoms with Crippen LogP contribution in [0.5, 0.6) is 0 Å². The van der Waals surface area contributed by atoms with Crippen LogP contribution in [0, 0.1) is 23.5 Å². The van der Waals surface area contributed by atoms with E-state index in [9.17, 15) is 23.2 Å². The first-order valence-electron chi connectivity index (χ1n) is 14.4. The quantitative estimate of drug-likeness (QED) is 0.204. The monoisotopic (exact) mass is 632 g/mol. The zero-order valence-corrected chi connectivity index (χ0v) is 24.9. The van der Waals surface area contributed by atoms with Crippen molar-refractivity contribution in [3.05, 3.63) is 141 Å². The maximum absolute atomic E-state index is 14.5. The second-order valence-electron chi connectivity index (χ2n) is 11.3. The van der Waals surface area contributed by atoms with E-state index >= 15 is 0 Å². The number of carbonyl (C=O) groups is 3. The van der Waals surface area contributed by atoms with Crippen LogP contribution in [0.4, 0.5) is 8.78 Å². The number of benzene rings is 4. The van der Waals surface area contributed by atoms with Crippen LogP contribution in [-0.4, -0.2) is 28.5 Å². The van der Waals surface area contributed by atoms with Gasteiger partial charge in [-0.05, 0) is 65.9 Å². The molecule has 0 bridgehead atoms. The van der Waals surface area contributed by atoms with Crippen molar-refractivity contribution < 1.29 is 23.2 Å². The molecule has 4 unspecified atom stereocenters. The molecule has 1 aliphatic heterocycles. The van der Waals surface area contributed by atoms with Crippen molar-refractivity contribution in [2.24, 2.45) is 11.8 Å². The molecule has 2 aliphatic rings. The van der Waals surface area contributed by atoms with E-state index in [2.05, 4.69) is 5.32 Å². The molecule has 0 aromatic heterocycles. The van der Waals surface area contributed by atoms with Crippen molar-refractivity contribution in [3.63, 3.8) is 0 Å². The molecule has 2 fully saturated rings. The van der Waals surface area contributed by atoms with Crippen LogP contribution in [0.1, 0.15) is 51.8 Å². The summed E-state index contributed by atoms with van der Waals surface area (Å²) in [7, 11) is 0. The van der Waals surface area contributed by atoms with Gasteiger partial charge >= 0.3 is 0 Å². The fourth-order valence-corrected chi connectivity index (χ4v) is 6.46. The molecule has 0 radical (unpaired) electrons. The number of carbonyl (C=O) groups excluding carboxylic acids is 3. The maximum atomic E-state index is 14.5. The van der Waals surface area contributed by atoms with Gasteiger partial charge in [0.05, 0.1) is 22.0 Å². The van der Waals surface area contributed by atoms with Crippen molar-refractivity contribution in [3.8, 4) is 0 Å². The van der Waals surface area contributed by atoms with E-state index in [0.717, 1.165) is 0 Å². The molecule has 0 spiro atoms. The molecule has 224 valence electrons. The van der Waals surface area contributed by atoms with Gasteiger partial charge in [-0.3, -0.25) is 14.4 Å². The number of halogens is 4. The van der Waals surface area contributed by atoms with Crippen LogP contribution in [0.15, 0.2) is 97.1 Å². The summed E-state index contributed by atoms with van der Waals surface area (Å²) in [5, 5.41) is 3.47. The molecular formula is C35H28Cl2F2N2O3. The number of nitrogens with zero attached hydrogens (tertiary/aromatic N) is 1. The lowest BCUT2D eigenvalue weighted by Gasteiger charge is -2.32. The Morgan fingerprint density at radius 2 is 1.39 bits per heavy atom. The number of nitrogens with one attached hydrogen (secondary N) is 1. The molecule has 1 heterocycles. The highest BCUT2D eigenvalue weighted by molar-refractivity contribution is 6.42. The standard InChI is InChI=1S/C35H28Cl2F2N2O3/c36-27-17-12-24(18-28(27)37)31-30(33(42)22-4-2-1-3-5-22)29(21-10-15-26(39)16-11-21)32(41(31)35(44)23-8-9-23)34(43)40-19-20-6-13-25(38)14-7-20/h1-7,10-18,23,29-32H,8-9,19H2,(H,40,43). The lowest BCUT2D eigenvalue weighted by atomic mass is 9.76. The molecular weight excluding hydrogens is 605 g/mol. The van der Waals surface area contributed by atoms with Gasteiger partial charge < -0.3 is 10.2 Å². The largest absolute Gasteiger partial charge is 0.350 e. The molecule has 1 N–H and O–H groups in total. The number of amides is 2. The van der Waals surface area contributed by atoms with Crippen LogP contribution in [0.2, 0.25) is 10.0 Å². The van der Waals surface area contributed by atoms with E-state index in [4.69, 9.17) is 23.2 Å². The Morgan fingerprint density at radius 1 is 0.773 bits per heavy atom. The van der Waals surface area contributed by atoms with Crippen LogP contribution in [0.25, 0.3) is 0 Å². The molecule has 1 saturated carbocycles. The summed E-state index contributed by atoms with van der Waals surface area (Å²) in [6, 6.07) is 23.1. The van der Waals surface area contributed by atoms with Gasteiger partial charge in [-0.15, -0.1) is 0 Å². The first-order chi connectivity index (χ1) is 21.2. The normalized spacial score (nSPS) is 21.2. The minimum absolute atomic E-state index is 0.0753. The van der Waals surface area contributed by atoms with Crippen molar-refractivity contribution >= 4 is 40.8 Å². The summed E-state index contributed by atoms with van der Waals surface area (Å²) < 4.78 is 27.7. The van der Waals surface area contributed by atoms with Crippen molar-refractivity contribution in [2.75, 3.05) is 0 Å². The van der Waals surface area contributed by atoms with Gasteiger partial charge in [-0.1, -0.05) is 83.9 Å². The number of hydrogen-bond acceptors (Lipinski definition) is 3. The summed E-state index contributed by atoms with van der Waals surface area (Å²) in [5.41, 5.74) is 2.18.